The lowest BCUT2D eigenvalue weighted by Crippen LogP contribution is -2.23. The Kier molecular flexibility index (Phi) is 8.67. The molecule has 0 amide bonds. The minimum absolute atomic E-state index is 0.319. The van der Waals surface area contributed by atoms with Crippen LogP contribution < -0.4 is 5.73 Å². The van der Waals surface area contributed by atoms with Crippen LogP contribution in [-0.4, -0.2) is 33.0 Å². The Labute approximate surface area is 106 Å². The van der Waals surface area contributed by atoms with Gasteiger partial charge in [0.05, 0.1) is 13.2 Å². The zero-order valence-corrected chi connectivity index (χ0v) is 11.3. The molecule has 1 aliphatic rings. The van der Waals surface area contributed by atoms with Gasteiger partial charge in [-0.3, -0.25) is 0 Å². The fraction of sp³-hybridized carbons (Fsp3) is 1.00. The Bertz CT molecular complexity index is 170. The number of nitrogens with two attached hydrogens (primary N) is 1. The molecule has 1 saturated carbocycles. The lowest BCUT2D eigenvalue weighted by atomic mass is 9.85. The number of rotatable bonds is 9. The van der Waals surface area contributed by atoms with Crippen LogP contribution in [0.25, 0.3) is 0 Å². The van der Waals surface area contributed by atoms with Crippen LogP contribution in [0.5, 0.6) is 0 Å². The highest BCUT2D eigenvalue weighted by molar-refractivity contribution is 4.69. The Hall–Kier alpha value is -0.120. The molecule has 1 rings (SSSR count). The first-order valence-corrected chi connectivity index (χ1v) is 7.15. The highest BCUT2D eigenvalue weighted by Gasteiger charge is 2.14. The molecule has 0 bridgehead atoms. The third kappa shape index (κ3) is 7.74. The smallest absolute Gasteiger partial charge is 0.0700 e. The van der Waals surface area contributed by atoms with Gasteiger partial charge in [0.25, 0.3) is 0 Å². The van der Waals surface area contributed by atoms with E-state index in [4.69, 9.17) is 15.2 Å². The van der Waals surface area contributed by atoms with Crippen LogP contribution in [0.1, 0.15) is 51.4 Å². The van der Waals surface area contributed by atoms with Crippen LogP contribution in [0.4, 0.5) is 0 Å². The molecule has 3 nitrogen and oxygen atoms in total. The van der Waals surface area contributed by atoms with E-state index in [1.54, 1.807) is 7.11 Å². The van der Waals surface area contributed by atoms with Crippen LogP contribution >= 0.6 is 0 Å². The molecular weight excluding hydrogens is 214 g/mol. The molecule has 0 spiro atoms. The Morgan fingerprint density at radius 2 is 1.82 bits per heavy atom. The van der Waals surface area contributed by atoms with Gasteiger partial charge in [0, 0.05) is 19.8 Å². The van der Waals surface area contributed by atoms with E-state index < -0.39 is 0 Å². The van der Waals surface area contributed by atoms with E-state index in [0.717, 1.165) is 25.4 Å². The van der Waals surface area contributed by atoms with Crippen molar-refractivity contribution in [1.82, 2.24) is 0 Å². The van der Waals surface area contributed by atoms with E-state index in [2.05, 4.69) is 0 Å². The monoisotopic (exact) mass is 243 g/mol. The SMILES string of the molecule is COCCOCCC(N)CCC1CCCCC1. The molecule has 0 aromatic rings. The minimum atomic E-state index is 0.319. The summed E-state index contributed by atoms with van der Waals surface area (Å²) in [7, 11) is 1.69. The first-order valence-electron chi connectivity index (χ1n) is 7.15. The Morgan fingerprint density at radius 1 is 1.06 bits per heavy atom. The maximum Gasteiger partial charge on any atom is 0.0700 e. The predicted octanol–water partition coefficient (Wildman–Crippen LogP) is 2.73. The van der Waals surface area contributed by atoms with Crippen LogP contribution in [0.15, 0.2) is 0 Å². The summed E-state index contributed by atoms with van der Waals surface area (Å²) < 4.78 is 10.4. The summed E-state index contributed by atoms with van der Waals surface area (Å²) in [5.74, 6) is 0.948. The molecule has 1 fully saturated rings. The predicted molar refractivity (Wildman–Crippen MR) is 71.1 cm³/mol. The first kappa shape index (κ1) is 14.9. The molecule has 0 aliphatic heterocycles. The Morgan fingerprint density at radius 3 is 2.53 bits per heavy atom. The molecule has 0 aromatic heterocycles. The van der Waals surface area contributed by atoms with Gasteiger partial charge < -0.3 is 15.2 Å². The fourth-order valence-corrected chi connectivity index (χ4v) is 2.55. The lowest BCUT2D eigenvalue weighted by Gasteiger charge is -2.22. The van der Waals surface area contributed by atoms with Crippen molar-refractivity contribution in [3.8, 4) is 0 Å². The average molecular weight is 243 g/mol. The van der Waals surface area contributed by atoms with Crippen molar-refractivity contribution in [3.05, 3.63) is 0 Å². The van der Waals surface area contributed by atoms with Crippen molar-refractivity contribution < 1.29 is 9.47 Å². The maximum absolute atomic E-state index is 6.09. The van der Waals surface area contributed by atoms with E-state index in [0.29, 0.717) is 19.3 Å². The fourth-order valence-electron chi connectivity index (χ4n) is 2.55. The summed E-state index contributed by atoms with van der Waals surface area (Å²) in [4.78, 5) is 0. The number of ether oxygens (including phenoxy) is 2. The molecule has 0 saturated heterocycles. The van der Waals surface area contributed by atoms with Crippen molar-refractivity contribution in [2.24, 2.45) is 11.7 Å². The summed E-state index contributed by atoms with van der Waals surface area (Å²) in [6.07, 6.45) is 10.6. The van der Waals surface area contributed by atoms with Crippen molar-refractivity contribution in [2.45, 2.75) is 57.4 Å². The van der Waals surface area contributed by atoms with Crippen LogP contribution in [0.3, 0.4) is 0 Å². The minimum Gasteiger partial charge on any atom is -0.382 e. The molecule has 102 valence electrons. The van der Waals surface area contributed by atoms with E-state index in [-0.39, 0.29) is 0 Å². The molecule has 0 heterocycles. The van der Waals surface area contributed by atoms with E-state index >= 15 is 0 Å². The molecular formula is C14H29NO2. The molecule has 0 aromatic carbocycles. The normalized spacial score (nSPS) is 19.4. The number of methoxy groups -OCH3 is 1. The van der Waals surface area contributed by atoms with Gasteiger partial charge in [0.15, 0.2) is 0 Å². The van der Waals surface area contributed by atoms with Crippen molar-refractivity contribution in [2.75, 3.05) is 26.9 Å². The summed E-state index contributed by atoms with van der Waals surface area (Å²) in [6.45, 7) is 2.14. The third-order valence-electron chi connectivity index (χ3n) is 3.74. The largest absolute Gasteiger partial charge is 0.382 e. The van der Waals surface area contributed by atoms with E-state index in [1.807, 2.05) is 0 Å². The van der Waals surface area contributed by atoms with Gasteiger partial charge in [-0.25, -0.2) is 0 Å². The van der Waals surface area contributed by atoms with Crippen molar-refractivity contribution in [1.29, 1.82) is 0 Å². The van der Waals surface area contributed by atoms with Gasteiger partial charge in [0.2, 0.25) is 0 Å². The zero-order valence-electron chi connectivity index (χ0n) is 11.3. The standard InChI is InChI=1S/C14H29NO2/c1-16-11-12-17-10-9-14(15)8-7-13-5-3-2-4-6-13/h13-14H,2-12,15H2,1H3. The van der Waals surface area contributed by atoms with Gasteiger partial charge >= 0.3 is 0 Å². The average Bonchev–Trinajstić information content (AvgIpc) is 2.37. The van der Waals surface area contributed by atoms with E-state index in [9.17, 15) is 0 Å². The van der Waals surface area contributed by atoms with Crippen molar-refractivity contribution in [3.63, 3.8) is 0 Å². The van der Waals surface area contributed by atoms with Crippen LogP contribution in [0.2, 0.25) is 0 Å². The zero-order chi connectivity index (χ0) is 12.3. The molecule has 0 radical (unpaired) electrons. The summed E-state index contributed by atoms with van der Waals surface area (Å²) in [6, 6.07) is 0.319. The molecule has 17 heavy (non-hydrogen) atoms. The third-order valence-corrected chi connectivity index (χ3v) is 3.74. The number of hydrogen-bond acceptors (Lipinski definition) is 3. The van der Waals surface area contributed by atoms with Gasteiger partial charge in [0.1, 0.15) is 0 Å². The number of hydrogen-bond donors (Lipinski definition) is 1. The summed E-state index contributed by atoms with van der Waals surface area (Å²) >= 11 is 0. The van der Waals surface area contributed by atoms with Crippen molar-refractivity contribution >= 4 is 0 Å². The molecule has 3 heteroatoms. The second-order valence-corrected chi connectivity index (χ2v) is 5.24. The molecule has 1 atom stereocenters. The second kappa shape index (κ2) is 9.86. The van der Waals surface area contributed by atoms with Crippen LogP contribution in [-0.2, 0) is 9.47 Å². The summed E-state index contributed by atoms with van der Waals surface area (Å²) in [5, 5.41) is 0. The first-order chi connectivity index (χ1) is 8.33. The molecule has 1 unspecified atom stereocenters. The highest BCUT2D eigenvalue weighted by atomic mass is 16.5. The quantitative estimate of drug-likeness (QED) is 0.633. The second-order valence-electron chi connectivity index (χ2n) is 5.24. The van der Waals surface area contributed by atoms with Gasteiger partial charge in [-0.15, -0.1) is 0 Å². The summed E-state index contributed by atoms with van der Waals surface area (Å²) in [5.41, 5.74) is 6.09. The van der Waals surface area contributed by atoms with Gasteiger partial charge in [-0.05, 0) is 25.2 Å². The molecule has 1 aliphatic carbocycles. The highest BCUT2D eigenvalue weighted by Crippen LogP contribution is 2.27. The lowest BCUT2D eigenvalue weighted by molar-refractivity contribution is 0.0666. The topological polar surface area (TPSA) is 44.5 Å². The molecule has 2 N–H and O–H groups in total. The Balaban J connectivity index is 1.91. The van der Waals surface area contributed by atoms with E-state index in [1.165, 1.54) is 38.5 Å². The van der Waals surface area contributed by atoms with Gasteiger partial charge in [-0.2, -0.15) is 0 Å². The maximum atomic E-state index is 6.09. The van der Waals surface area contributed by atoms with Gasteiger partial charge in [-0.1, -0.05) is 32.1 Å². The van der Waals surface area contributed by atoms with Crippen LogP contribution in [0, 0.1) is 5.92 Å².